The molecule has 1 aliphatic rings. The fourth-order valence-corrected chi connectivity index (χ4v) is 3.39. The third-order valence-corrected chi connectivity index (χ3v) is 4.69. The third kappa shape index (κ3) is 4.10. The van der Waals surface area contributed by atoms with Crippen LogP contribution in [0.1, 0.15) is 30.9 Å². The minimum Gasteiger partial charge on any atom is -0.497 e. The lowest BCUT2D eigenvalue weighted by Crippen LogP contribution is -2.31. The topological polar surface area (TPSA) is 48.0 Å². The van der Waals surface area contributed by atoms with E-state index < -0.39 is 0 Å². The molecule has 0 aliphatic carbocycles. The van der Waals surface area contributed by atoms with Crippen molar-refractivity contribution < 1.29 is 19.0 Å². The van der Waals surface area contributed by atoms with Crippen molar-refractivity contribution in [2.75, 3.05) is 27.4 Å². The van der Waals surface area contributed by atoms with Crippen LogP contribution in [0.5, 0.6) is 17.2 Å². The maximum atomic E-state index is 12.7. The molecular weight excluding hydrogens is 330 g/mol. The van der Waals surface area contributed by atoms with Gasteiger partial charge in [0.25, 0.3) is 0 Å². The number of para-hydroxylation sites is 2. The van der Waals surface area contributed by atoms with Crippen LogP contribution in [0.25, 0.3) is 0 Å². The first-order valence-electron chi connectivity index (χ1n) is 8.92. The van der Waals surface area contributed by atoms with Crippen molar-refractivity contribution in [2.45, 2.75) is 25.3 Å². The zero-order valence-corrected chi connectivity index (χ0v) is 15.3. The largest absolute Gasteiger partial charge is 0.497 e. The molecule has 26 heavy (non-hydrogen) atoms. The molecule has 0 bridgehead atoms. The Labute approximate surface area is 154 Å². The lowest BCUT2D eigenvalue weighted by Gasteiger charge is -2.25. The summed E-state index contributed by atoms with van der Waals surface area (Å²) in [7, 11) is 3.27. The van der Waals surface area contributed by atoms with Crippen LogP contribution in [0.15, 0.2) is 48.5 Å². The molecule has 1 heterocycles. The van der Waals surface area contributed by atoms with Gasteiger partial charge in [0, 0.05) is 6.54 Å². The number of nitrogens with zero attached hydrogens (tertiary/aromatic N) is 1. The minimum absolute atomic E-state index is 0.115. The average molecular weight is 355 g/mol. The molecule has 0 N–H and O–H groups in total. The van der Waals surface area contributed by atoms with Gasteiger partial charge in [0.15, 0.2) is 11.5 Å². The Hall–Kier alpha value is -2.69. The first-order valence-corrected chi connectivity index (χ1v) is 8.92. The molecule has 1 aliphatic heterocycles. The van der Waals surface area contributed by atoms with E-state index in [4.69, 9.17) is 14.2 Å². The lowest BCUT2D eigenvalue weighted by molar-refractivity contribution is -0.132. The molecule has 0 spiro atoms. The van der Waals surface area contributed by atoms with Crippen molar-refractivity contribution in [3.63, 3.8) is 0 Å². The summed E-state index contributed by atoms with van der Waals surface area (Å²) in [4.78, 5) is 14.7. The molecule has 1 atom stereocenters. The maximum Gasteiger partial charge on any atom is 0.226 e. The number of likely N-dealkylation sites (tertiary alicyclic amines) is 1. The number of benzene rings is 2. The van der Waals surface area contributed by atoms with Crippen LogP contribution in [0.2, 0.25) is 0 Å². The zero-order valence-electron chi connectivity index (χ0n) is 15.3. The van der Waals surface area contributed by atoms with E-state index in [9.17, 15) is 4.79 Å². The first kappa shape index (κ1) is 18.1. The molecule has 0 saturated carbocycles. The van der Waals surface area contributed by atoms with Gasteiger partial charge in [0.2, 0.25) is 5.91 Å². The maximum absolute atomic E-state index is 12.7. The number of hydrogen-bond acceptors (Lipinski definition) is 4. The molecule has 1 saturated heterocycles. The molecule has 0 aromatic heterocycles. The van der Waals surface area contributed by atoms with Crippen molar-refractivity contribution in [1.82, 2.24) is 4.90 Å². The van der Waals surface area contributed by atoms with Crippen LogP contribution in [-0.2, 0) is 4.79 Å². The highest BCUT2D eigenvalue weighted by Gasteiger charge is 2.29. The summed E-state index contributed by atoms with van der Waals surface area (Å²) in [6.45, 7) is 1.12. The lowest BCUT2D eigenvalue weighted by atomic mass is 10.0. The van der Waals surface area contributed by atoms with Crippen LogP contribution in [-0.4, -0.2) is 38.2 Å². The Morgan fingerprint density at radius 3 is 2.65 bits per heavy atom. The second-order valence-electron chi connectivity index (χ2n) is 6.27. The summed E-state index contributed by atoms with van der Waals surface area (Å²) in [6.07, 6.45) is 2.34. The fraction of sp³-hybridized carbons (Fsp3) is 0.381. The second-order valence-corrected chi connectivity index (χ2v) is 6.27. The second kappa shape index (κ2) is 8.61. The van der Waals surface area contributed by atoms with E-state index >= 15 is 0 Å². The van der Waals surface area contributed by atoms with Crippen molar-refractivity contribution in [3.05, 3.63) is 54.1 Å². The van der Waals surface area contributed by atoms with Crippen LogP contribution in [0, 0.1) is 0 Å². The summed E-state index contributed by atoms with van der Waals surface area (Å²) in [5.74, 6) is 2.27. The predicted molar refractivity (Wildman–Crippen MR) is 99.8 cm³/mol. The Morgan fingerprint density at radius 1 is 1.08 bits per heavy atom. The normalized spacial score (nSPS) is 16.4. The molecule has 5 heteroatoms. The van der Waals surface area contributed by atoms with Gasteiger partial charge in [-0.1, -0.05) is 24.3 Å². The Bertz CT molecular complexity index is 746. The van der Waals surface area contributed by atoms with Crippen LogP contribution in [0.4, 0.5) is 0 Å². The van der Waals surface area contributed by atoms with E-state index in [1.165, 1.54) is 0 Å². The summed E-state index contributed by atoms with van der Waals surface area (Å²) >= 11 is 0. The number of amides is 1. The zero-order chi connectivity index (χ0) is 18.4. The Balaban J connectivity index is 1.60. The molecule has 0 radical (unpaired) electrons. The summed E-state index contributed by atoms with van der Waals surface area (Å²) < 4.78 is 16.3. The number of rotatable bonds is 7. The van der Waals surface area contributed by atoms with Gasteiger partial charge in [-0.05, 0) is 42.7 Å². The molecule has 1 amide bonds. The predicted octanol–water partition coefficient (Wildman–Crippen LogP) is 3.84. The highest BCUT2D eigenvalue weighted by atomic mass is 16.5. The highest BCUT2D eigenvalue weighted by Crippen LogP contribution is 2.34. The SMILES string of the molecule is COc1cccc(C2CCCN2C(=O)CCOc2ccccc2OC)c1. The smallest absolute Gasteiger partial charge is 0.226 e. The minimum atomic E-state index is 0.115. The van der Waals surface area contributed by atoms with Gasteiger partial charge in [-0.15, -0.1) is 0 Å². The number of carbonyl (C=O) groups is 1. The Morgan fingerprint density at radius 2 is 1.88 bits per heavy atom. The van der Waals surface area contributed by atoms with Crippen LogP contribution < -0.4 is 14.2 Å². The monoisotopic (exact) mass is 355 g/mol. The number of methoxy groups -OCH3 is 2. The average Bonchev–Trinajstić information content (AvgIpc) is 3.18. The molecule has 138 valence electrons. The van der Waals surface area contributed by atoms with Gasteiger partial charge in [-0.3, -0.25) is 4.79 Å². The molecule has 5 nitrogen and oxygen atoms in total. The first-order chi connectivity index (χ1) is 12.7. The van der Waals surface area contributed by atoms with Gasteiger partial charge >= 0.3 is 0 Å². The van der Waals surface area contributed by atoms with E-state index in [-0.39, 0.29) is 11.9 Å². The Kier molecular flexibility index (Phi) is 6.00. The highest BCUT2D eigenvalue weighted by molar-refractivity contribution is 5.77. The quantitative estimate of drug-likeness (QED) is 0.757. The van der Waals surface area contributed by atoms with Crippen LogP contribution >= 0.6 is 0 Å². The fourth-order valence-electron chi connectivity index (χ4n) is 3.39. The summed E-state index contributed by atoms with van der Waals surface area (Å²) in [6, 6.07) is 15.5. The van der Waals surface area contributed by atoms with Gasteiger partial charge in [0.05, 0.1) is 33.3 Å². The van der Waals surface area contributed by atoms with Gasteiger partial charge in [0.1, 0.15) is 5.75 Å². The third-order valence-electron chi connectivity index (χ3n) is 4.69. The number of hydrogen-bond donors (Lipinski definition) is 0. The molecule has 2 aromatic carbocycles. The van der Waals surface area contributed by atoms with E-state index in [1.807, 2.05) is 47.4 Å². The van der Waals surface area contributed by atoms with Crippen molar-refractivity contribution in [3.8, 4) is 17.2 Å². The number of carbonyl (C=O) groups excluding carboxylic acids is 1. The van der Waals surface area contributed by atoms with E-state index in [1.54, 1.807) is 14.2 Å². The van der Waals surface area contributed by atoms with E-state index in [0.29, 0.717) is 24.5 Å². The standard InChI is InChI=1S/C21H25NO4/c1-24-17-8-5-7-16(15-17)18-9-6-13-22(18)21(23)12-14-26-20-11-4-3-10-19(20)25-2/h3-5,7-8,10-11,15,18H,6,9,12-14H2,1-2H3. The van der Waals surface area contributed by atoms with Crippen molar-refractivity contribution >= 4 is 5.91 Å². The molecule has 1 unspecified atom stereocenters. The van der Waals surface area contributed by atoms with Crippen LogP contribution in [0.3, 0.4) is 0 Å². The summed E-state index contributed by atoms with van der Waals surface area (Å²) in [5.41, 5.74) is 1.13. The molecule has 3 rings (SSSR count). The summed E-state index contributed by atoms with van der Waals surface area (Å²) in [5, 5.41) is 0. The van der Waals surface area contributed by atoms with E-state index in [2.05, 4.69) is 6.07 Å². The van der Waals surface area contributed by atoms with Gasteiger partial charge < -0.3 is 19.1 Å². The van der Waals surface area contributed by atoms with E-state index in [0.717, 1.165) is 30.7 Å². The molecule has 1 fully saturated rings. The van der Waals surface area contributed by atoms with Crippen molar-refractivity contribution in [1.29, 1.82) is 0 Å². The number of ether oxygens (including phenoxy) is 3. The van der Waals surface area contributed by atoms with Crippen molar-refractivity contribution in [2.24, 2.45) is 0 Å². The molecule has 2 aromatic rings. The van der Waals surface area contributed by atoms with Gasteiger partial charge in [-0.25, -0.2) is 0 Å². The molecular formula is C21H25NO4. The van der Waals surface area contributed by atoms with Gasteiger partial charge in [-0.2, -0.15) is 0 Å².